The monoisotopic (exact) mass is 272 g/mol. The van der Waals surface area contributed by atoms with Crippen LogP contribution in [0.4, 0.5) is 0 Å². The normalized spacial score (nSPS) is 14.8. The first-order chi connectivity index (χ1) is 9.67. The second-order valence-electron chi connectivity index (χ2n) is 5.86. The van der Waals surface area contributed by atoms with E-state index in [1.54, 1.807) is 0 Å². The Kier molecular flexibility index (Phi) is 5.24. The molecule has 2 rings (SSSR count). The maximum Gasteiger partial charge on any atom is 0.0456 e. The first kappa shape index (κ1) is 15.1. The number of hydrogen-bond donors (Lipinski definition) is 1. The molecule has 2 unspecified atom stereocenters. The van der Waals surface area contributed by atoms with Gasteiger partial charge >= 0.3 is 0 Å². The Balaban J connectivity index is 2.09. The topological polar surface area (TPSA) is 19.0 Å². The van der Waals surface area contributed by atoms with Crippen LogP contribution in [0.1, 0.15) is 46.1 Å². The quantitative estimate of drug-likeness (QED) is 0.780. The summed E-state index contributed by atoms with van der Waals surface area (Å²) in [7, 11) is 0. The van der Waals surface area contributed by atoms with Crippen molar-refractivity contribution in [2.45, 2.75) is 59.0 Å². The zero-order chi connectivity index (χ0) is 14.5. The van der Waals surface area contributed by atoms with Crippen molar-refractivity contribution in [3.63, 3.8) is 0 Å². The second-order valence-corrected chi connectivity index (χ2v) is 5.86. The number of H-pyrrole nitrogens is 1. The zero-order valence-electron chi connectivity index (χ0n) is 13.3. The number of fused-ring (bicyclic) bond motifs is 1. The minimum Gasteiger partial charge on any atom is -0.361 e. The van der Waals surface area contributed by atoms with E-state index in [2.05, 4.69) is 68.0 Å². The van der Waals surface area contributed by atoms with Gasteiger partial charge in [0.1, 0.15) is 0 Å². The smallest absolute Gasteiger partial charge is 0.0456 e. The Hall–Kier alpha value is -1.28. The summed E-state index contributed by atoms with van der Waals surface area (Å²) in [4.78, 5) is 6.03. The molecule has 0 radical (unpaired) electrons. The molecule has 1 N–H and O–H groups in total. The first-order valence-corrected chi connectivity index (χ1v) is 7.98. The summed E-state index contributed by atoms with van der Waals surface area (Å²) in [5.74, 6) is 0. The lowest BCUT2D eigenvalue weighted by molar-refractivity contribution is 0.148. The van der Waals surface area contributed by atoms with Crippen molar-refractivity contribution in [3.05, 3.63) is 36.0 Å². The van der Waals surface area contributed by atoms with Crippen LogP contribution in [0, 0.1) is 0 Å². The van der Waals surface area contributed by atoms with Gasteiger partial charge in [-0.1, -0.05) is 32.0 Å². The Morgan fingerprint density at radius 2 is 1.70 bits per heavy atom. The van der Waals surface area contributed by atoms with Gasteiger partial charge in [0, 0.05) is 35.7 Å². The summed E-state index contributed by atoms with van der Waals surface area (Å²) < 4.78 is 0. The minimum atomic E-state index is 0.662. The van der Waals surface area contributed by atoms with Gasteiger partial charge in [-0.3, -0.25) is 4.90 Å². The van der Waals surface area contributed by atoms with Crippen molar-refractivity contribution in [2.24, 2.45) is 0 Å². The molecular weight excluding hydrogens is 244 g/mol. The number of nitrogens with zero attached hydrogens (tertiary/aromatic N) is 1. The highest BCUT2D eigenvalue weighted by molar-refractivity contribution is 5.83. The summed E-state index contributed by atoms with van der Waals surface area (Å²) >= 11 is 0. The molecule has 0 saturated heterocycles. The largest absolute Gasteiger partial charge is 0.361 e. The summed E-state index contributed by atoms with van der Waals surface area (Å²) in [5.41, 5.74) is 2.69. The lowest BCUT2D eigenvalue weighted by Crippen LogP contribution is -2.41. The van der Waals surface area contributed by atoms with Crippen LogP contribution < -0.4 is 0 Å². The molecule has 20 heavy (non-hydrogen) atoms. The van der Waals surface area contributed by atoms with E-state index in [0.717, 1.165) is 13.0 Å². The van der Waals surface area contributed by atoms with E-state index in [1.165, 1.54) is 29.3 Å². The molecule has 1 aromatic carbocycles. The third kappa shape index (κ3) is 3.24. The van der Waals surface area contributed by atoms with Crippen LogP contribution in [0.3, 0.4) is 0 Å². The van der Waals surface area contributed by atoms with E-state index >= 15 is 0 Å². The molecule has 1 aromatic heterocycles. The van der Waals surface area contributed by atoms with Crippen molar-refractivity contribution >= 4 is 10.9 Å². The number of benzene rings is 1. The van der Waals surface area contributed by atoms with E-state index in [-0.39, 0.29) is 0 Å². The van der Waals surface area contributed by atoms with Gasteiger partial charge in [-0.05, 0) is 44.7 Å². The number of hydrogen-bond acceptors (Lipinski definition) is 1. The number of rotatable bonds is 7. The SMILES string of the molecule is CCC(C)N(CCc1c[nH]c2ccccc12)C(C)CC. The maximum atomic E-state index is 3.38. The third-order valence-corrected chi connectivity index (χ3v) is 4.63. The highest BCUT2D eigenvalue weighted by Gasteiger charge is 2.17. The fourth-order valence-electron chi connectivity index (χ4n) is 2.93. The standard InChI is InChI=1S/C18H28N2/c1-5-14(3)20(15(4)6-2)12-11-16-13-19-18-10-8-7-9-17(16)18/h7-10,13-15,19H,5-6,11-12H2,1-4H3. The molecule has 0 fully saturated rings. The predicted octanol–water partition coefficient (Wildman–Crippen LogP) is 4.61. The molecule has 2 aromatic rings. The Morgan fingerprint density at radius 1 is 1.05 bits per heavy atom. The average Bonchev–Trinajstić information content (AvgIpc) is 2.90. The van der Waals surface area contributed by atoms with E-state index in [9.17, 15) is 0 Å². The Labute approximate surface area is 123 Å². The lowest BCUT2D eigenvalue weighted by Gasteiger charge is -2.33. The van der Waals surface area contributed by atoms with Crippen LogP contribution in [0.25, 0.3) is 10.9 Å². The van der Waals surface area contributed by atoms with Crippen LogP contribution in [-0.4, -0.2) is 28.5 Å². The van der Waals surface area contributed by atoms with E-state index in [1.807, 2.05) is 0 Å². The van der Waals surface area contributed by atoms with E-state index < -0.39 is 0 Å². The third-order valence-electron chi connectivity index (χ3n) is 4.63. The Bertz CT molecular complexity index is 519. The molecule has 0 saturated carbocycles. The summed E-state index contributed by atoms with van der Waals surface area (Å²) in [6.45, 7) is 10.4. The van der Waals surface area contributed by atoms with Gasteiger partial charge in [-0.25, -0.2) is 0 Å². The van der Waals surface area contributed by atoms with Crippen molar-refractivity contribution in [2.75, 3.05) is 6.54 Å². The lowest BCUT2D eigenvalue weighted by atomic mass is 10.1. The molecule has 0 aliphatic carbocycles. The molecule has 1 heterocycles. The summed E-state index contributed by atoms with van der Waals surface area (Å²) in [6, 6.07) is 9.91. The van der Waals surface area contributed by atoms with Gasteiger partial charge in [0.15, 0.2) is 0 Å². The van der Waals surface area contributed by atoms with Crippen molar-refractivity contribution in [1.82, 2.24) is 9.88 Å². The second kappa shape index (κ2) is 6.94. The molecule has 0 aliphatic rings. The van der Waals surface area contributed by atoms with Crippen LogP contribution in [0.15, 0.2) is 30.5 Å². The number of para-hydroxylation sites is 1. The molecular formula is C18H28N2. The van der Waals surface area contributed by atoms with Gasteiger partial charge < -0.3 is 4.98 Å². The van der Waals surface area contributed by atoms with Crippen LogP contribution >= 0.6 is 0 Å². The molecule has 0 amide bonds. The van der Waals surface area contributed by atoms with E-state index in [0.29, 0.717) is 12.1 Å². The van der Waals surface area contributed by atoms with Crippen molar-refractivity contribution in [3.8, 4) is 0 Å². The van der Waals surface area contributed by atoms with Gasteiger partial charge in [0.25, 0.3) is 0 Å². The molecule has 2 nitrogen and oxygen atoms in total. The molecule has 0 aliphatic heterocycles. The highest BCUT2D eigenvalue weighted by Crippen LogP contribution is 2.20. The minimum absolute atomic E-state index is 0.662. The van der Waals surface area contributed by atoms with Gasteiger partial charge in [0.05, 0.1) is 0 Å². The number of nitrogens with one attached hydrogen (secondary N) is 1. The fraction of sp³-hybridized carbons (Fsp3) is 0.556. The number of aromatic amines is 1. The van der Waals surface area contributed by atoms with E-state index in [4.69, 9.17) is 0 Å². The zero-order valence-corrected chi connectivity index (χ0v) is 13.3. The molecule has 110 valence electrons. The van der Waals surface area contributed by atoms with Gasteiger partial charge in [-0.15, -0.1) is 0 Å². The van der Waals surface area contributed by atoms with Crippen molar-refractivity contribution in [1.29, 1.82) is 0 Å². The summed E-state index contributed by atoms with van der Waals surface area (Å²) in [6.07, 6.45) is 5.74. The van der Waals surface area contributed by atoms with Crippen LogP contribution in [0.2, 0.25) is 0 Å². The fourth-order valence-corrected chi connectivity index (χ4v) is 2.93. The predicted molar refractivity (Wildman–Crippen MR) is 88.2 cm³/mol. The molecule has 0 bridgehead atoms. The first-order valence-electron chi connectivity index (χ1n) is 7.98. The molecule has 0 spiro atoms. The highest BCUT2D eigenvalue weighted by atomic mass is 15.2. The molecule has 2 atom stereocenters. The van der Waals surface area contributed by atoms with Crippen molar-refractivity contribution < 1.29 is 0 Å². The van der Waals surface area contributed by atoms with Crippen LogP contribution in [-0.2, 0) is 6.42 Å². The van der Waals surface area contributed by atoms with Crippen LogP contribution in [0.5, 0.6) is 0 Å². The average molecular weight is 272 g/mol. The van der Waals surface area contributed by atoms with Gasteiger partial charge in [-0.2, -0.15) is 0 Å². The number of aromatic nitrogens is 1. The van der Waals surface area contributed by atoms with Gasteiger partial charge in [0.2, 0.25) is 0 Å². The summed E-state index contributed by atoms with van der Waals surface area (Å²) in [5, 5.41) is 1.38. The molecule has 2 heteroatoms. The maximum absolute atomic E-state index is 3.38. The Morgan fingerprint density at radius 3 is 2.35 bits per heavy atom.